The summed E-state index contributed by atoms with van der Waals surface area (Å²) in [4.78, 5) is 12.0. The predicted molar refractivity (Wildman–Crippen MR) is 89.8 cm³/mol. The molecule has 0 aliphatic carbocycles. The summed E-state index contributed by atoms with van der Waals surface area (Å²) in [7, 11) is 0. The Balaban J connectivity index is 2.17. The first-order valence-electron chi connectivity index (χ1n) is 8.34. The SMILES string of the molecule is CC(C)CO[C@H]1[C@H](C)OC(=O)[C@@H](N)COC[C@@H]1Oc1ccccc1. The minimum atomic E-state index is -0.798. The molecule has 6 heteroatoms. The minimum absolute atomic E-state index is 0.0943. The maximum atomic E-state index is 12.0. The monoisotopic (exact) mass is 337 g/mol. The van der Waals surface area contributed by atoms with Crippen LogP contribution in [0.2, 0.25) is 0 Å². The van der Waals surface area contributed by atoms with Gasteiger partial charge in [-0.3, -0.25) is 4.79 Å². The molecule has 24 heavy (non-hydrogen) atoms. The minimum Gasteiger partial charge on any atom is -0.485 e. The molecule has 1 aromatic rings. The van der Waals surface area contributed by atoms with Crippen molar-refractivity contribution < 1.29 is 23.7 Å². The molecule has 0 spiro atoms. The van der Waals surface area contributed by atoms with E-state index in [0.29, 0.717) is 18.3 Å². The number of para-hydroxylation sites is 1. The molecule has 0 unspecified atom stereocenters. The second-order valence-corrected chi connectivity index (χ2v) is 6.45. The van der Waals surface area contributed by atoms with Gasteiger partial charge in [-0.05, 0) is 25.0 Å². The lowest BCUT2D eigenvalue weighted by atomic mass is 10.1. The van der Waals surface area contributed by atoms with Gasteiger partial charge in [-0.1, -0.05) is 32.0 Å². The van der Waals surface area contributed by atoms with Crippen molar-refractivity contribution in [1.29, 1.82) is 0 Å². The summed E-state index contributed by atoms with van der Waals surface area (Å²) in [6, 6.07) is 8.66. The van der Waals surface area contributed by atoms with Gasteiger partial charge in [0.05, 0.1) is 13.2 Å². The van der Waals surface area contributed by atoms with E-state index in [1.165, 1.54) is 0 Å². The summed E-state index contributed by atoms with van der Waals surface area (Å²) in [5, 5.41) is 0. The summed E-state index contributed by atoms with van der Waals surface area (Å²) in [5.74, 6) is 0.577. The van der Waals surface area contributed by atoms with Crippen LogP contribution in [0.1, 0.15) is 20.8 Å². The average Bonchev–Trinajstić information content (AvgIpc) is 2.58. The smallest absolute Gasteiger partial charge is 0.325 e. The van der Waals surface area contributed by atoms with Gasteiger partial charge in [0.25, 0.3) is 0 Å². The zero-order valence-corrected chi connectivity index (χ0v) is 14.5. The molecule has 134 valence electrons. The number of benzene rings is 1. The Kier molecular flexibility index (Phi) is 7.02. The molecule has 1 aromatic carbocycles. The normalized spacial score (nSPS) is 28.6. The first-order valence-corrected chi connectivity index (χ1v) is 8.34. The highest BCUT2D eigenvalue weighted by molar-refractivity contribution is 5.75. The molecular weight excluding hydrogens is 310 g/mol. The number of nitrogens with two attached hydrogens (primary N) is 1. The number of carbonyl (C=O) groups excluding carboxylic acids is 1. The largest absolute Gasteiger partial charge is 0.485 e. The van der Waals surface area contributed by atoms with E-state index in [1.807, 2.05) is 30.3 Å². The Morgan fingerprint density at radius 1 is 1.25 bits per heavy atom. The molecule has 2 rings (SSSR count). The fourth-order valence-electron chi connectivity index (χ4n) is 2.44. The Labute approximate surface area is 143 Å². The Morgan fingerprint density at radius 3 is 2.62 bits per heavy atom. The van der Waals surface area contributed by atoms with Crippen molar-refractivity contribution >= 4 is 5.97 Å². The van der Waals surface area contributed by atoms with Crippen molar-refractivity contribution in [1.82, 2.24) is 0 Å². The molecule has 0 amide bonds. The Bertz CT molecular complexity index is 507. The Hall–Kier alpha value is -1.63. The summed E-state index contributed by atoms with van der Waals surface area (Å²) in [6.45, 7) is 6.82. The van der Waals surface area contributed by atoms with Gasteiger partial charge < -0.3 is 24.7 Å². The van der Waals surface area contributed by atoms with Crippen LogP contribution in [0, 0.1) is 5.92 Å². The molecule has 1 heterocycles. The number of hydrogen-bond donors (Lipinski definition) is 1. The van der Waals surface area contributed by atoms with Crippen LogP contribution in [0.15, 0.2) is 30.3 Å². The van der Waals surface area contributed by atoms with Crippen molar-refractivity contribution in [3.05, 3.63) is 30.3 Å². The second-order valence-electron chi connectivity index (χ2n) is 6.45. The number of esters is 1. The number of carbonyl (C=O) groups is 1. The highest BCUT2D eigenvalue weighted by Gasteiger charge is 2.35. The summed E-state index contributed by atoms with van der Waals surface area (Å²) in [5.41, 5.74) is 5.76. The van der Waals surface area contributed by atoms with Gasteiger partial charge in [-0.2, -0.15) is 0 Å². The van der Waals surface area contributed by atoms with Gasteiger partial charge in [0.1, 0.15) is 24.0 Å². The quantitative estimate of drug-likeness (QED) is 0.825. The molecule has 4 atom stereocenters. The van der Waals surface area contributed by atoms with Crippen molar-refractivity contribution in [2.45, 2.75) is 45.1 Å². The molecule has 0 radical (unpaired) electrons. The van der Waals surface area contributed by atoms with Gasteiger partial charge >= 0.3 is 5.97 Å². The van der Waals surface area contributed by atoms with E-state index in [9.17, 15) is 4.79 Å². The zero-order valence-electron chi connectivity index (χ0n) is 14.5. The highest BCUT2D eigenvalue weighted by Crippen LogP contribution is 2.20. The topological polar surface area (TPSA) is 80.0 Å². The predicted octanol–water partition coefficient (Wildman–Crippen LogP) is 1.76. The maximum absolute atomic E-state index is 12.0. The lowest BCUT2D eigenvalue weighted by molar-refractivity contribution is -0.162. The molecule has 0 saturated carbocycles. The zero-order chi connectivity index (χ0) is 17.5. The van der Waals surface area contributed by atoms with E-state index in [4.69, 9.17) is 24.7 Å². The van der Waals surface area contributed by atoms with E-state index in [1.54, 1.807) is 6.92 Å². The first-order chi connectivity index (χ1) is 11.5. The fourth-order valence-corrected chi connectivity index (χ4v) is 2.44. The van der Waals surface area contributed by atoms with Crippen LogP contribution >= 0.6 is 0 Å². The van der Waals surface area contributed by atoms with Gasteiger partial charge in [0, 0.05) is 6.61 Å². The van der Waals surface area contributed by atoms with Crippen molar-refractivity contribution in [2.75, 3.05) is 19.8 Å². The van der Waals surface area contributed by atoms with Crippen LogP contribution in [-0.2, 0) is 19.0 Å². The second kappa shape index (κ2) is 9.01. The first kappa shape index (κ1) is 18.7. The summed E-state index contributed by atoms with van der Waals surface area (Å²) >= 11 is 0. The van der Waals surface area contributed by atoms with Crippen LogP contribution < -0.4 is 10.5 Å². The molecule has 6 nitrogen and oxygen atoms in total. The average molecular weight is 337 g/mol. The van der Waals surface area contributed by atoms with E-state index in [0.717, 1.165) is 0 Å². The molecule has 1 aliphatic rings. The highest BCUT2D eigenvalue weighted by atomic mass is 16.6. The Morgan fingerprint density at radius 2 is 1.96 bits per heavy atom. The third kappa shape index (κ3) is 5.47. The molecule has 1 fully saturated rings. The van der Waals surface area contributed by atoms with E-state index < -0.39 is 30.3 Å². The van der Waals surface area contributed by atoms with Crippen LogP contribution in [0.4, 0.5) is 0 Å². The number of cyclic esters (lactones) is 1. The molecule has 0 aromatic heterocycles. The molecule has 1 saturated heterocycles. The van der Waals surface area contributed by atoms with Gasteiger partial charge in [0.15, 0.2) is 6.10 Å². The molecule has 1 aliphatic heterocycles. The van der Waals surface area contributed by atoms with Gasteiger partial charge in [-0.25, -0.2) is 0 Å². The third-order valence-electron chi connectivity index (χ3n) is 3.67. The van der Waals surface area contributed by atoms with E-state index in [-0.39, 0.29) is 13.2 Å². The maximum Gasteiger partial charge on any atom is 0.325 e. The fraction of sp³-hybridized carbons (Fsp3) is 0.611. The number of hydrogen-bond acceptors (Lipinski definition) is 6. The van der Waals surface area contributed by atoms with Crippen molar-refractivity contribution in [3.8, 4) is 5.75 Å². The van der Waals surface area contributed by atoms with Crippen molar-refractivity contribution in [3.63, 3.8) is 0 Å². The van der Waals surface area contributed by atoms with Gasteiger partial charge in [-0.15, -0.1) is 0 Å². The van der Waals surface area contributed by atoms with Crippen LogP contribution in [0.5, 0.6) is 5.75 Å². The molecule has 0 bridgehead atoms. The molecular formula is C18H27NO5. The lowest BCUT2D eigenvalue weighted by Crippen LogP contribution is -2.46. The number of rotatable bonds is 5. The standard InChI is InChI=1S/C18H27NO5/c1-12(2)9-22-17-13(3)23-18(20)15(19)10-21-11-16(17)24-14-7-5-4-6-8-14/h4-8,12-13,15-17H,9-11,19H2,1-3H3/t13-,15-,16-,17-/m0/s1. The molecule has 2 N–H and O–H groups in total. The lowest BCUT2D eigenvalue weighted by Gasteiger charge is -2.31. The van der Waals surface area contributed by atoms with Gasteiger partial charge in [0.2, 0.25) is 0 Å². The summed E-state index contributed by atoms with van der Waals surface area (Å²) in [6.07, 6.45) is -1.33. The van der Waals surface area contributed by atoms with Crippen LogP contribution in [-0.4, -0.2) is 50.1 Å². The third-order valence-corrected chi connectivity index (χ3v) is 3.67. The van der Waals surface area contributed by atoms with E-state index >= 15 is 0 Å². The van der Waals surface area contributed by atoms with Crippen molar-refractivity contribution in [2.24, 2.45) is 11.7 Å². The number of ether oxygens (including phenoxy) is 4. The summed E-state index contributed by atoms with van der Waals surface area (Å²) < 4.78 is 23.1. The van der Waals surface area contributed by atoms with Crippen LogP contribution in [0.3, 0.4) is 0 Å². The van der Waals surface area contributed by atoms with E-state index in [2.05, 4.69) is 13.8 Å². The van der Waals surface area contributed by atoms with Crippen LogP contribution in [0.25, 0.3) is 0 Å².